The molecule has 27 heavy (non-hydrogen) atoms. The Hall–Kier alpha value is -1.81. The summed E-state index contributed by atoms with van der Waals surface area (Å²) in [6, 6.07) is 4.88. The Morgan fingerprint density at radius 2 is 1.81 bits per heavy atom. The van der Waals surface area contributed by atoms with Crippen molar-refractivity contribution in [3.8, 4) is 0 Å². The van der Waals surface area contributed by atoms with Gasteiger partial charge in [-0.1, -0.05) is 57.7 Å². The maximum absolute atomic E-state index is 15.1. The van der Waals surface area contributed by atoms with Gasteiger partial charge >= 0.3 is 0 Å². The highest BCUT2D eigenvalue weighted by Crippen LogP contribution is 2.33. The first-order valence-electron chi connectivity index (χ1n) is 9.96. The number of hydrogen-bond acceptors (Lipinski definition) is 1. The molecule has 0 amide bonds. The molecule has 146 valence electrons. The van der Waals surface area contributed by atoms with E-state index in [4.69, 9.17) is 4.74 Å². The number of halogens is 3. The molecule has 0 saturated carbocycles. The monoisotopic (exact) mass is 376 g/mol. The van der Waals surface area contributed by atoms with Gasteiger partial charge in [0.05, 0.1) is 18.1 Å². The second-order valence-electron chi connectivity index (χ2n) is 7.33. The minimum Gasteiger partial charge on any atom is -0.373 e. The molecule has 1 aliphatic heterocycles. The van der Waals surface area contributed by atoms with Crippen LogP contribution in [0.5, 0.6) is 0 Å². The second kappa shape index (κ2) is 8.92. The minimum absolute atomic E-state index is 0.162. The molecular formula is C23H27F3O. The zero-order valence-electron chi connectivity index (χ0n) is 16.1. The third-order valence-electron chi connectivity index (χ3n) is 5.29. The quantitative estimate of drug-likeness (QED) is 0.475. The van der Waals surface area contributed by atoms with Gasteiger partial charge in [0, 0.05) is 5.56 Å². The molecule has 2 aromatic rings. The summed E-state index contributed by atoms with van der Waals surface area (Å²) in [5.74, 6) is -2.73. The summed E-state index contributed by atoms with van der Waals surface area (Å²) in [6.45, 7) is 4.36. The van der Waals surface area contributed by atoms with Crippen molar-refractivity contribution in [2.45, 2.75) is 64.9 Å². The van der Waals surface area contributed by atoms with Crippen molar-refractivity contribution in [3.05, 3.63) is 52.9 Å². The van der Waals surface area contributed by atoms with Gasteiger partial charge < -0.3 is 4.74 Å². The van der Waals surface area contributed by atoms with E-state index < -0.39 is 17.5 Å². The molecule has 0 aromatic heterocycles. The first-order chi connectivity index (χ1) is 13.1. The SMILES string of the molecule is CCCCCC1CC=C(c2ccc3cc(CCC)c(F)c(F)c3c2F)CO1. The van der Waals surface area contributed by atoms with E-state index >= 15 is 4.39 Å². The molecule has 0 radical (unpaired) electrons. The highest BCUT2D eigenvalue weighted by molar-refractivity contribution is 5.88. The Balaban J connectivity index is 1.89. The van der Waals surface area contributed by atoms with Gasteiger partial charge in [0.15, 0.2) is 11.6 Å². The van der Waals surface area contributed by atoms with Crippen molar-refractivity contribution in [1.82, 2.24) is 0 Å². The van der Waals surface area contributed by atoms with Crippen LogP contribution in [0.1, 0.15) is 63.5 Å². The van der Waals surface area contributed by atoms with Gasteiger partial charge in [-0.15, -0.1) is 0 Å². The maximum atomic E-state index is 15.1. The molecule has 0 aliphatic carbocycles. The van der Waals surface area contributed by atoms with E-state index in [0.717, 1.165) is 25.7 Å². The van der Waals surface area contributed by atoms with Gasteiger partial charge in [0.1, 0.15) is 5.82 Å². The highest BCUT2D eigenvalue weighted by atomic mass is 19.2. The van der Waals surface area contributed by atoms with E-state index in [-0.39, 0.29) is 11.5 Å². The van der Waals surface area contributed by atoms with E-state index in [0.29, 0.717) is 41.5 Å². The lowest BCUT2D eigenvalue weighted by molar-refractivity contribution is 0.0645. The average Bonchev–Trinajstić information content (AvgIpc) is 2.67. The number of ether oxygens (including phenoxy) is 1. The van der Waals surface area contributed by atoms with Crippen LogP contribution >= 0.6 is 0 Å². The lowest BCUT2D eigenvalue weighted by Gasteiger charge is -2.23. The van der Waals surface area contributed by atoms with Crippen LogP contribution in [0.15, 0.2) is 24.3 Å². The predicted octanol–water partition coefficient (Wildman–Crippen LogP) is 6.96. The van der Waals surface area contributed by atoms with Crippen LogP contribution in [0.25, 0.3) is 16.3 Å². The summed E-state index contributed by atoms with van der Waals surface area (Å²) < 4.78 is 49.8. The number of aryl methyl sites for hydroxylation is 1. The highest BCUT2D eigenvalue weighted by Gasteiger charge is 2.22. The lowest BCUT2D eigenvalue weighted by atomic mass is 9.95. The zero-order chi connectivity index (χ0) is 19.4. The van der Waals surface area contributed by atoms with E-state index in [1.807, 2.05) is 13.0 Å². The third-order valence-corrected chi connectivity index (χ3v) is 5.29. The summed E-state index contributed by atoms with van der Waals surface area (Å²) in [5.41, 5.74) is 1.31. The van der Waals surface area contributed by atoms with Crippen molar-refractivity contribution >= 4 is 16.3 Å². The molecule has 4 heteroatoms. The Labute approximate surface area is 159 Å². The number of unbranched alkanes of at least 4 members (excludes halogenated alkanes) is 2. The summed E-state index contributed by atoms with van der Waals surface area (Å²) in [4.78, 5) is 0. The van der Waals surface area contributed by atoms with Crippen LogP contribution in [-0.4, -0.2) is 12.7 Å². The summed E-state index contributed by atoms with van der Waals surface area (Å²) in [7, 11) is 0. The topological polar surface area (TPSA) is 9.23 Å². The Morgan fingerprint density at radius 3 is 2.48 bits per heavy atom. The number of rotatable bonds is 7. The van der Waals surface area contributed by atoms with Crippen LogP contribution in [-0.2, 0) is 11.2 Å². The Kier molecular flexibility index (Phi) is 6.59. The number of benzene rings is 2. The van der Waals surface area contributed by atoms with Gasteiger partial charge in [-0.25, -0.2) is 13.2 Å². The van der Waals surface area contributed by atoms with Gasteiger partial charge in [0.2, 0.25) is 0 Å². The van der Waals surface area contributed by atoms with Crippen molar-refractivity contribution in [1.29, 1.82) is 0 Å². The van der Waals surface area contributed by atoms with Crippen molar-refractivity contribution in [3.63, 3.8) is 0 Å². The van der Waals surface area contributed by atoms with E-state index in [1.54, 1.807) is 18.2 Å². The molecule has 0 saturated heterocycles. The Bertz CT molecular complexity index is 841. The molecule has 1 unspecified atom stereocenters. The van der Waals surface area contributed by atoms with Gasteiger partial charge in [0.25, 0.3) is 0 Å². The standard InChI is InChI=1S/C23H27F3O/c1-3-5-6-8-18-11-9-17(14-27-18)19-12-10-15-13-16(7-4-2)21(24)23(26)20(15)22(19)25/h9-10,12-13,18H,3-8,11,14H2,1-2H3. The molecule has 0 bridgehead atoms. The predicted molar refractivity (Wildman–Crippen MR) is 104 cm³/mol. The number of fused-ring (bicyclic) bond motifs is 1. The molecular weight excluding hydrogens is 349 g/mol. The van der Waals surface area contributed by atoms with Crippen molar-refractivity contribution in [2.24, 2.45) is 0 Å². The van der Waals surface area contributed by atoms with E-state index in [1.165, 1.54) is 6.42 Å². The number of hydrogen-bond donors (Lipinski definition) is 0. The van der Waals surface area contributed by atoms with Crippen LogP contribution in [0.2, 0.25) is 0 Å². The average molecular weight is 376 g/mol. The first kappa shape index (κ1) is 19.9. The summed E-state index contributed by atoms with van der Waals surface area (Å²) >= 11 is 0. The summed E-state index contributed by atoms with van der Waals surface area (Å²) in [5, 5.41) is 0.129. The minimum atomic E-state index is -1.09. The molecule has 1 atom stereocenters. The molecule has 1 heterocycles. The fraction of sp³-hybridized carbons (Fsp3) is 0.478. The molecule has 1 aliphatic rings. The van der Waals surface area contributed by atoms with Crippen LogP contribution in [0.4, 0.5) is 13.2 Å². The van der Waals surface area contributed by atoms with Crippen LogP contribution < -0.4 is 0 Å². The van der Waals surface area contributed by atoms with Crippen molar-refractivity contribution < 1.29 is 17.9 Å². The molecule has 0 fully saturated rings. The normalized spacial score (nSPS) is 17.4. The molecule has 3 rings (SSSR count). The first-order valence-corrected chi connectivity index (χ1v) is 9.96. The zero-order valence-corrected chi connectivity index (χ0v) is 16.1. The fourth-order valence-electron chi connectivity index (χ4n) is 3.75. The largest absolute Gasteiger partial charge is 0.373 e. The lowest BCUT2D eigenvalue weighted by Crippen LogP contribution is -2.18. The fourth-order valence-corrected chi connectivity index (χ4v) is 3.75. The smallest absolute Gasteiger partial charge is 0.169 e. The summed E-state index contributed by atoms with van der Waals surface area (Å²) in [6.07, 6.45) is 8.46. The van der Waals surface area contributed by atoms with Crippen LogP contribution in [0, 0.1) is 17.5 Å². The van der Waals surface area contributed by atoms with Gasteiger partial charge in [-0.2, -0.15) is 0 Å². The Morgan fingerprint density at radius 1 is 1.00 bits per heavy atom. The van der Waals surface area contributed by atoms with E-state index in [9.17, 15) is 8.78 Å². The van der Waals surface area contributed by atoms with Crippen LogP contribution in [0.3, 0.4) is 0 Å². The maximum Gasteiger partial charge on any atom is 0.169 e. The molecule has 2 aromatic carbocycles. The van der Waals surface area contributed by atoms with Crippen molar-refractivity contribution in [2.75, 3.05) is 6.61 Å². The molecule has 0 spiro atoms. The molecule has 1 nitrogen and oxygen atoms in total. The van der Waals surface area contributed by atoms with Gasteiger partial charge in [-0.3, -0.25) is 0 Å². The second-order valence-corrected chi connectivity index (χ2v) is 7.33. The van der Waals surface area contributed by atoms with E-state index in [2.05, 4.69) is 6.92 Å². The van der Waals surface area contributed by atoms with Gasteiger partial charge in [-0.05, 0) is 41.9 Å². The molecule has 0 N–H and O–H groups in total. The third kappa shape index (κ3) is 4.21.